The van der Waals surface area contributed by atoms with E-state index in [1.165, 1.54) is 6.92 Å². The van der Waals surface area contributed by atoms with Crippen molar-refractivity contribution in [2.45, 2.75) is 18.7 Å². The lowest BCUT2D eigenvalue weighted by Gasteiger charge is -2.25. The zero-order chi connectivity index (χ0) is 8.91. The molecular formula is C6H14N2O3. The fraction of sp³-hybridized carbons (Fsp3) is 0.833. The van der Waals surface area contributed by atoms with Gasteiger partial charge < -0.3 is 20.7 Å². The molecule has 2 unspecified atom stereocenters. The Morgan fingerprint density at radius 2 is 2.36 bits per heavy atom. The molecule has 0 fully saturated rings. The van der Waals surface area contributed by atoms with Crippen LogP contribution in [0.25, 0.3) is 0 Å². The van der Waals surface area contributed by atoms with Gasteiger partial charge in [0.05, 0.1) is 12.6 Å². The number of nitrogens with two attached hydrogens (primary N) is 1. The minimum Gasteiger partial charge on any atom is -0.394 e. The molecule has 0 aromatic rings. The third-order valence-corrected chi connectivity index (χ3v) is 1.25. The highest BCUT2D eigenvalue weighted by molar-refractivity contribution is 5.57. The second-order valence-corrected chi connectivity index (χ2v) is 2.55. The van der Waals surface area contributed by atoms with Gasteiger partial charge in [0.25, 0.3) is 0 Å². The summed E-state index contributed by atoms with van der Waals surface area (Å²) in [4.78, 5) is 10.2. The Hall–Kier alpha value is -0.490. The van der Waals surface area contributed by atoms with E-state index in [9.17, 15) is 9.90 Å². The summed E-state index contributed by atoms with van der Waals surface area (Å²) in [6.45, 7) is 1.07. The second kappa shape index (κ2) is 4.40. The number of hydrogen-bond acceptors (Lipinski definition) is 5. The lowest BCUT2D eigenvalue weighted by Crippen LogP contribution is -2.54. The van der Waals surface area contributed by atoms with Crippen molar-refractivity contribution in [3.8, 4) is 0 Å². The minimum atomic E-state index is -1.30. The van der Waals surface area contributed by atoms with Crippen molar-refractivity contribution in [1.82, 2.24) is 5.32 Å². The van der Waals surface area contributed by atoms with Crippen molar-refractivity contribution >= 4 is 6.29 Å². The standard InChI is InChI=1S/C6H14N2O3/c1-6(11,4-7)8-5(2-9)3-10/h2,5,8,10-11H,3-4,7H2,1H3. The van der Waals surface area contributed by atoms with Crippen LogP contribution in [0.15, 0.2) is 0 Å². The van der Waals surface area contributed by atoms with Gasteiger partial charge in [0.2, 0.25) is 0 Å². The number of aliphatic hydroxyl groups is 2. The van der Waals surface area contributed by atoms with E-state index in [2.05, 4.69) is 5.32 Å². The maximum Gasteiger partial charge on any atom is 0.139 e. The predicted octanol–water partition coefficient (Wildman–Crippen LogP) is -2.20. The van der Waals surface area contributed by atoms with E-state index >= 15 is 0 Å². The summed E-state index contributed by atoms with van der Waals surface area (Å²) in [5.41, 5.74) is 3.86. The molecule has 0 aromatic heterocycles. The molecular weight excluding hydrogens is 148 g/mol. The molecule has 0 aromatic carbocycles. The largest absolute Gasteiger partial charge is 0.394 e. The monoisotopic (exact) mass is 162 g/mol. The van der Waals surface area contributed by atoms with Gasteiger partial charge in [-0.05, 0) is 6.92 Å². The molecule has 0 aliphatic carbocycles. The summed E-state index contributed by atoms with van der Waals surface area (Å²) < 4.78 is 0. The molecule has 5 nitrogen and oxygen atoms in total. The van der Waals surface area contributed by atoms with Crippen LogP contribution < -0.4 is 11.1 Å². The van der Waals surface area contributed by atoms with Gasteiger partial charge in [-0.2, -0.15) is 0 Å². The zero-order valence-electron chi connectivity index (χ0n) is 6.45. The Kier molecular flexibility index (Phi) is 4.20. The average molecular weight is 162 g/mol. The number of carbonyl (C=O) groups is 1. The van der Waals surface area contributed by atoms with Crippen LogP contribution in [0.1, 0.15) is 6.92 Å². The maximum atomic E-state index is 10.2. The molecule has 0 bridgehead atoms. The second-order valence-electron chi connectivity index (χ2n) is 2.55. The van der Waals surface area contributed by atoms with Crippen molar-refractivity contribution < 1.29 is 15.0 Å². The SMILES string of the molecule is CC(O)(CN)NC(C=O)CO. The highest BCUT2D eigenvalue weighted by Gasteiger charge is 2.21. The Labute approximate surface area is 65.2 Å². The van der Waals surface area contributed by atoms with Crippen molar-refractivity contribution in [3.63, 3.8) is 0 Å². The van der Waals surface area contributed by atoms with Gasteiger partial charge in [0.1, 0.15) is 12.0 Å². The van der Waals surface area contributed by atoms with E-state index in [1.807, 2.05) is 0 Å². The van der Waals surface area contributed by atoms with E-state index in [-0.39, 0.29) is 13.2 Å². The van der Waals surface area contributed by atoms with Gasteiger partial charge in [-0.15, -0.1) is 0 Å². The minimum absolute atomic E-state index is 0.0165. The van der Waals surface area contributed by atoms with Crippen molar-refractivity contribution in [1.29, 1.82) is 0 Å². The summed E-state index contributed by atoms with van der Waals surface area (Å²) in [6.07, 6.45) is 0.518. The van der Waals surface area contributed by atoms with Crippen molar-refractivity contribution in [3.05, 3.63) is 0 Å². The van der Waals surface area contributed by atoms with Gasteiger partial charge in [0, 0.05) is 6.54 Å². The van der Waals surface area contributed by atoms with E-state index in [4.69, 9.17) is 10.8 Å². The number of hydrogen-bond donors (Lipinski definition) is 4. The third-order valence-electron chi connectivity index (χ3n) is 1.25. The fourth-order valence-electron chi connectivity index (χ4n) is 0.581. The van der Waals surface area contributed by atoms with Gasteiger partial charge >= 0.3 is 0 Å². The van der Waals surface area contributed by atoms with Crippen LogP contribution in [0.4, 0.5) is 0 Å². The molecule has 0 radical (unpaired) electrons. The molecule has 66 valence electrons. The van der Waals surface area contributed by atoms with Crippen LogP contribution in [-0.2, 0) is 4.79 Å². The van der Waals surface area contributed by atoms with E-state index in [1.54, 1.807) is 0 Å². The Morgan fingerprint density at radius 1 is 1.82 bits per heavy atom. The van der Waals surface area contributed by atoms with Crippen molar-refractivity contribution in [2.75, 3.05) is 13.2 Å². The van der Waals surface area contributed by atoms with Crippen LogP contribution in [0, 0.1) is 0 Å². The lowest BCUT2D eigenvalue weighted by atomic mass is 10.2. The summed E-state index contributed by atoms with van der Waals surface area (Å²) in [7, 11) is 0. The van der Waals surface area contributed by atoms with E-state index in [0.29, 0.717) is 6.29 Å². The first-order valence-corrected chi connectivity index (χ1v) is 3.32. The third kappa shape index (κ3) is 4.05. The number of rotatable bonds is 5. The first-order valence-electron chi connectivity index (χ1n) is 3.32. The van der Waals surface area contributed by atoms with Gasteiger partial charge in [-0.1, -0.05) is 0 Å². The molecule has 5 heteroatoms. The number of aliphatic hydroxyl groups excluding tert-OH is 1. The molecule has 2 atom stereocenters. The highest BCUT2D eigenvalue weighted by atomic mass is 16.3. The van der Waals surface area contributed by atoms with Crippen LogP contribution in [0.2, 0.25) is 0 Å². The molecule has 0 heterocycles. The number of carbonyl (C=O) groups excluding carboxylic acids is 1. The van der Waals surface area contributed by atoms with Crippen LogP contribution >= 0.6 is 0 Å². The average Bonchev–Trinajstić information content (AvgIpc) is 2.00. The van der Waals surface area contributed by atoms with E-state index in [0.717, 1.165) is 0 Å². The zero-order valence-corrected chi connectivity index (χ0v) is 6.45. The van der Waals surface area contributed by atoms with Crippen LogP contribution in [-0.4, -0.2) is 41.4 Å². The topological polar surface area (TPSA) is 95.6 Å². The number of aldehydes is 1. The molecule has 5 N–H and O–H groups in total. The highest BCUT2D eigenvalue weighted by Crippen LogP contribution is 1.95. The molecule has 0 saturated heterocycles. The summed E-state index contributed by atoms with van der Waals surface area (Å²) in [5.74, 6) is 0. The first kappa shape index (κ1) is 10.5. The molecule has 0 rings (SSSR count). The molecule has 0 aliphatic rings. The normalized spacial score (nSPS) is 18.9. The Balaban J connectivity index is 3.88. The summed E-state index contributed by atoms with van der Waals surface area (Å²) in [6, 6.07) is -0.756. The lowest BCUT2D eigenvalue weighted by molar-refractivity contribution is -0.112. The predicted molar refractivity (Wildman–Crippen MR) is 39.8 cm³/mol. The van der Waals surface area contributed by atoms with Gasteiger partial charge in [-0.25, -0.2) is 0 Å². The quantitative estimate of drug-likeness (QED) is 0.272. The van der Waals surface area contributed by atoms with Crippen LogP contribution in [0.3, 0.4) is 0 Å². The summed E-state index contributed by atoms with van der Waals surface area (Å²) in [5, 5.41) is 20.2. The van der Waals surface area contributed by atoms with Gasteiger partial charge in [0.15, 0.2) is 0 Å². The molecule has 0 spiro atoms. The molecule has 0 amide bonds. The Bertz CT molecular complexity index is 127. The fourth-order valence-corrected chi connectivity index (χ4v) is 0.581. The smallest absolute Gasteiger partial charge is 0.139 e. The first-order chi connectivity index (χ1) is 5.05. The molecule has 0 saturated carbocycles. The summed E-state index contributed by atoms with van der Waals surface area (Å²) >= 11 is 0. The van der Waals surface area contributed by atoms with Gasteiger partial charge in [-0.3, -0.25) is 5.32 Å². The Morgan fingerprint density at radius 3 is 2.64 bits per heavy atom. The van der Waals surface area contributed by atoms with E-state index < -0.39 is 11.8 Å². The molecule has 11 heavy (non-hydrogen) atoms. The maximum absolute atomic E-state index is 10.2. The number of nitrogens with one attached hydrogen (secondary N) is 1. The van der Waals surface area contributed by atoms with Crippen molar-refractivity contribution in [2.24, 2.45) is 5.73 Å². The van der Waals surface area contributed by atoms with Crippen LogP contribution in [0.5, 0.6) is 0 Å². The molecule has 0 aliphatic heterocycles.